The van der Waals surface area contributed by atoms with Crippen LogP contribution in [0.4, 0.5) is 5.69 Å². The fourth-order valence-electron chi connectivity index (χ4n) is 2.39. The summed E-state index contributed by atoms with van der Waals surface area (Å²) >= 11 is 0. The number of nitrogens with zero attached hydrogens (tertiary/aromatic N) is 2. The molecule has 1 aliphatic rings. The summed E-state index contributed by atoms with van der Waals surface area (Å²) in [4.78, 5) is 23.8. The van der Waals surface area contributed by atoms with E-state index < -0.39 is 10.9 Å². The van der Waals surface area contributed by atoms with Crippen molar-refractivity contribution in [2.24, 2.45) is 5.73 Å². The maximum absolute atomic E-state index is 11.2. The highest BCUT2D eigenvalue weighted by atomic mass is 35.5. The minimum absolute atomic E-state index is 0. The van der Waals surface area contributed by atoms with Crippen molar-refractivity contribution < 1.29 is 19.2 Å². The van der Waals surface area contributed by atoms with Gasteiger partial charge < -0.3 is 15.2 Å². The van der Waals surface area contributed by atoms with E-state index in [4.69, 9.17) is 10.5 Å². The first kappa shape index (κ1) is 19.1. The third kappa shape index (κ3) is 5.34. The van der Waals surface area contributed by atoms with Gasteiger partial charge in [-0.1, -0.05) is 6.07 Å². The zero-order valence-electron chi connectivity index (χ0n) is 12.8. The molecule has 128 valence electrons. The van der Waals surface area contributed by atoms with Crippen molar-refractivity contribution in [3.05, 3.63) is 33.9 Å². The van der Waals surface area contributed by atoms with Gasteiger partial charge in [-0.25, -0.2) is 4.79 Å². The Morgan fingerprint density at radius 3 is 2.83 bits per heavy atom. The lowest BCUT2D eigenvalue weighted by Crippen LogP contribution is -2.26. The SMILES string of the molecule is COC(=O)COc1ccc(CN2CC[C@H](N)C2)cc1[N+](=O)[O-].Cl. The van der Waals surface area contributed by atoms with Gasteiger partial charge in [-0.15, -0.1) is 12.4 Å². The van der Waals surface area contributed by atoms with E-state index >= 15 is 0 Å². The fraction of sp³-hybridized carbons (Fsp3) is 0.500. The average Bonchev–Trinajstić information content (AvgIpc) is 2.90. The first-order valence-electron chi connectivity index (χ1n) is 6.94. The second kappa shape index (κ2) is 8.66. The Balaban J connectivity index is 0.00000264. The summed E-state index contributed by atoms with van der Waals surface area (Å²) in [6, 6.07) is 4.89. The summed E-state index contributed by atoms with van der Waals surface area (Å²) in [5.74, 6) is -0.540. The quantitative estimate of drug-likeness (QED) is 0.467. The maximum Gasteiger partial charge on any atom is 0.343 e. The predicted molar refractivity (Wildman–Crippen MR) is 85.7 cm³/mol. The van der Waals surface area contributed by atoms with Gasteiger partial charge in [0.05, 0.1) is 12.0 Å². The van der Waals surface area contributed by atoms with E-state index in [-0.39, 0.29) is 36.5 Å². The lowest BCUT2D eigenvalue weighted by molar-refractivity contribution is -0.385. The van der Waals surface area contributed by atoms with Crippen molar-refractivity contribution in [2.45, 2.75) is 19.0 Å². The molecule has 0 amide bonds. The number of nitro groups is 1. The largest absolute Gasteiger partial charge is 0.475 e. The number of carbonyl (C=O) groups excluding carboxylic acids is 1. The second-order valence-electron chi connectivity index (χ2n) is 5.21. The number of hydrogen-bond acceptors (Lipinski definition) is 7. The van der Waals surface area contributed by atoms with Crippen LogP contribution in [0.25, 0.3) is 0 Å². The Labute approximate surface area is 140 Å². The number of hydrogen-bond donors (Lipinski definition) is 1. The normalized spacial score (nSPS) is 17.4. The molecule has 0 aliphatic carbocycles. The Kier molecular flexibility index (Phi) is 7.21. The smallest absolute Gasteiger partial charge is 0.343 e. The van der Waals surface area contributed by atoms with E-state index in [2.05, 4.69) is 9.64 Å². The van der Waals surface area contributed by atoms with Crippen molar-refractivity contribution in [1.82, 2.24) is 4.90 Å². The lowest BCUT2D eigenvalue weighted by atomic mass is 10.1. The second-order valence-corrected chi connectivity index (χ2v) is 5.21. The van der Waals surface area contributed by atoms with Gasteiger partial charge in [-0.05, 0) is 18.1 Å². The van der Waals surface area contributed by atoms with Crippen LogP contribution in [0.3, 0.4) is 0 Å². The molecule has 9 heteroatoms. The summed E-state index contributed by atoms with van der Waals surface area (Å²) < 4.78 is 9.59. The van der Waals surface area contributed by atoms with Crippen molar-refractivity contribution >= 4 is 24.1 Å². The number of ether oxygens (including phenoxy) is 2. The molecule has 0 saturated carbocycles. The third-order valence-corrected chi connectivity index (χ3v) is 3.51. The van der Waals surface area contributed by atoms with Gasteiger partial charge in [0.1, 0.15) is 0 Å². The summed E-state index contributed by atoms with van der Waals surface area (Å²) in [5.41, 5.74) is 6.50. The Morgan fingerprint density at radius 2 is 2.26 bits per heavy atom. The van der Waals surface area contributed by atoms with Crippen LogP contribution in [-0.2, 0) is 16.1 Å². The minimum Gasteiger partial charge on any atom is -0.475 e. The molecule has 0 radical (unpaired) electrons. The number of rotatable bonds is 6. The summed E-state index contributed by atoms with van der Waals surface area (Å²) in [7, 11) is 1.23. The number of likely N-dealkylation sites (tertiary alicyclic amines) is 1. The van der Waals surface area contributed by atoms with Gasteiger partial charge >= 0.3 is 11.7 Å². The average molecular weight is 346 g/mol. The molecule has 2 rings (SSSR count). The summed E-state index contributed by atoms with van der Waals surface area (Å²) in [5, 5.41) is 11.2. The zero-order valence-corrected chi connectivity index (χ0v) is 13.6. The molecule has 1 aromatic carbocycles. The van der Waals surface area contributed by atoms with Crippen molar-refractivity contribution in [1.29, 1.82) is 0 Å². The van der Waals surface area contributed by atoms with Gasteiger partial charge in [0.2, 0.25) is 0 Å². The summed E-state index contributed by atoms with van der Waals surface area (Å²) in [6.45, 7) is 1.91. The van der Waals surface area contributed by atoms with E-state index in [1.54, 1.807) is 6.07 Å². The number of nitro benzene ring substituents is 1. The molecule has 2 N–H and O–H groups in total. The highest BCUT2D eigenvalue weighted by Crippen LogP contribution is 2.29. The van der Waals surface area contributed by atoms with Crippen molar-refractivity contribution in [3.8, 4) is 5.75 Å². The Morgan fingerprint density at radius 1 is 1.52 bits per heavy atom. The molecular weight excluding hydrogens is 326 g/mol. The van der Waals surface area contributed by atoms with Gasteiger partial charge in [0, 0.05) is 31.7 Å². The maximum atomic E-state index is 11.2. The van der Waals surface area contributed by atoms with Crippen LogP contribution in [0.15, 0.2) is 18.2 Å². The van der Waals surface area contributed by atoms with E-state index in [0.717, 1.165) is 25.1 Å². The molecule has 0 aromatic heterocycles. The first-order chi connectivity index (χ1) is 10.5. The summed E-state index contributed by atoms with van der Waals surface area (Å²) in [6.07, 6.45) is 0.933. The molecule has 0 unspecified atom stereocenters. The van der Waals surface area contributed by atoms with E-state index in [1.807, 2.05) is 0 Å². The number of carbonyl (C=O) groups is 1. The lowest BCUT2D eigenvalue weighted by Gasteiger charge is -2.15. The first-order valence-corrected chi connectivity index (χ1v) is 6.94. The molecule has 23 heavy (non-hydrogen) atoms. The van der Waals surface area contributed by atoms with E-state index in [1.165, 1.54) is 19.2 Å². The molecule has 1 fully saturated rings. The van der Waals surface area contributed by atoms with Crippen LogP contribution in [0.5, 0.6) is 5.75 Å². The number of methoxy groups -OCH3 is 1. The van der Waals surface area contributed by atoms with Gasteiger partial charge in [0.15, 0.2) is 12.4 Å². The molecule has 1 aromatic rings. The van der Waals surface area contributed by atoms with Gasteiger partial charge in [-0.3, -0.25) is 15.0 Å². The van der Waals surface area contributed by atoms with Crippen LogP contribution in [0.2, 0.25) is 0 Å². The highest BCUT2D eigenvalue weighted by molar-refractivity contribution is 5.85. The monoisotopic (exact) mass is 345 g/mol. The number of esters is 1. The van der Waals surface area contributed by atoms with Crippen LogP contribution >= 0.6 is 12.4 Å². The zero-order chi connectivity index (χ0) is 16.1. The van der Waals surface area contributed by atoms with Crippen molar-refractivity contribution in [2.75, 3.05) is 26.8 Å². The molecule has 8 nitrogen and oxygen atoms in total. The molecule has 1 aliphatic heterocycles. The predicted octanol–water partition coefficient (Wildman–Crippen LogP) is 1.10. The molecule has 1 heterocycles. The Bertz CT molecular complexity index is 569. The molecule has 1 saturated heterocycles. The molecule has 0 bridgehead atoms. The number of benzene rings is 1. The minimum atomic E-state index is -0.593. The molecular formula is C14H20ClN3O5. The number of nitrogens with two attached hydrogens (primary N) is 1. The topological polar surface area (TPSA) is 108 Å². The van der Waals surface area contributed by atoms with Crippen LogP contribution in [0.1, 0.15) is 12.0 Å². The van der Waals surface area contributed by atoms with Crippen LogP contribution in [-0.4, -0.2) is 48.6 Å². The Hall–Kier alpha value is -1.90. The van der Waals surface area contributed by atoms with Gasteiger partial charge in [0.25, 0.3) is 0 Å². The van der Waals surface area contributed by atoms with E-state index in [9.17, 15) is 14.9 Å². The van der Waals surface area contributed by atoms with Crippen LogP contribution in [0, 0.1) is 10.1 Å². The highest BCUT2D eigenvalue weighted by Gasteiger charge is 2.21. The third-order valence-electron chi connectivity index (χ3n) is 3.51. The standard InChI is InChI=1S/C14H19N3O5.ClH/c1-21-14(18)9-22-13-3-2-10(6-12(13)17(19)20)7-16-5-4-11(15)8-16;/h2-3,6,11H,4-5,7-9,15H2,1H3;1H/t11-;/m0./s1. The van der Waals surface area contributed by atoms with E-state index in [0.29, 0.717) is 6.54 Å². The molecule has 0 spiro atoms. The molecule has 1 atom stereocenters. The number of halogens is 1. The fourth-order valence-corrected chi connectivity index (χ4v) is 2.39. The van der Waals surface area contributed by atoms with Gasteiger partial charge in [-0.2, -0.15) is 0 Å². The van der Waals surface area contributed by atoms with Crippen LogP contribution < -0.4 is 10.5 Å². The van der Waals surface area contributed by atoms with Crippen molar-refractivity contribution in [3.63, 3.8) is 0 Å².